The van der Waals surface area contributed by atoms with E-state index in [1.165, 1.54) is 18.2 Å². The number of carbonyl (C=O) groups is 2. The molecule has 3 aromatic rings. The quantitative estimate of drug-likeness (QED) is 0.586. The number of aromatic nitrogens is 1. The highest BCUT2D eigenvalue weighted by molar-refractivity contribution is 6.08. The number of nitrogens with zero attached hydrogens (tertiary/aromatic N) is 1. The minimum atomic E-state index is -5.07. The van der Waals surface area contributed by atoms with Crippen LogP contribution in [-0.2, 0) is 12.4 Å². The van der Waals surface area contributed by atoms with Crippen LogP contribution >= 0.6 is 0 Å². The van der Waals surface area contributed by atoms with E-state index in [-0.39, 0.29) is 17.2 Å². The van der Waals surface area contributed by atoms with Crippen LogP contribution in [0.4, 0.5) is 36.8 Å². The molecule has 12 heteroatoms. The number of fused-ring (bicyclic) bond motifs is 1. The SMILES string of the molecule is O=C(NC(=O)c1ccc2ncoc2c1)Nc1cc(C(F)(F)F)cc(C(F)(F)F)c1. The van der Waals surface area contributed by atoms with Crippen molar-refractivity contribution < 1.29 is 40.3 Å². The Kier molecular flexibility index (Phi) is 4.95. The second-order valence-corrected chi connectivity index (χ2v) is 5.74. The number of imide groups is 1. The lowest BCUT2D eigenvalue weighted by molar-refractivity contribution is -0.143. The number of halogens is 6. The van der Waals surface area contributed by atoms with E-state index in [1.807, 2.05) is 0 Å². The number of amides is 3. The number of carbonyl (C=O) groups excluding carboxylic acids is 2. The normalized spacial score (nSPS) is 12.1. The first kappa shape index (κ1) is 20.2. The van der Waals surface area contributed by atoms with Gasteiger partial charge in [0.1, 0.15) is 5.52 Å². The van der Waals surface area contributed by atoms with E-state index in [1.54, 1.807) is 10.6 Å². The highest BCUT2D eigenvalue weighted by Gasteiger charge is 2.37. The van der Waals surface area contributed by atoms with E-state index in [4.69, 9.17) is 4.42 Å². The number of anilines is 1. The van der Waals surface area contributed by atoms with Gasteiger partial charge in [0, 0.05) is 11.3 Å². The number of urea groups is 1. The maximum Gasteiger partial charge on any atom is 0.416 e. The van der Waals surface area contributed by atoms with Crippen molar-refractivity contribution in [3.63, 3.8) is 0 Å². The van der Waals surface area contributed by atoms with Gasteiger partial charge >= 0.3 is 18.4 Å². The van der Waals surface area contributed by atoms with Crippen molar-refractivity contribution in [3.8, 4) is 0 Å². The van der Waals surface area contributed by atoms with Crippen LogP contribution in [0.15, 0.2) is 47.2 Å². The highest BCUT2D eigenvalue weighted by atomic mass is 19.4. The standard InChI is InChI=1S/C17H9F6N3O3/c18-16(19,20)9-4-10(17(21,22)23)6-11(5-9)25-15(28)26-14(27)8-1-2-12-13(3-8)29-7-24-12/h1-7H,(H2,25,26,27,28). The number of rotatable bonds is 2. The van der Waals surface area contributed by atoms with Gasteiger partial charge in [0.25, 0.3) is 5.91 Å². The maximum atomic E-state index is 12.8. The van der Waals surface area contributed by atoms with Crippen LogP contribution in [0.25, 0.3) is 11.1 Å². The van der Waals surface area contributed by atoms with Gasteiger partial charge in [-0.25, -0.2) is 9.78 Å². The molecule has 6 nitrogen and oxygen atoms in total. The molecule has 2 N–H and O–H groups in total. The van der Waals surface area contributed by atoms with Crippen molar-refractivity contribution in [2.45, 2.75) is 12.4 Å². The zero-order valence-corrected chi connectivity index (χ0v) is 14.0. The molecule has 0 aliphatic carbocycles. The molecule has 152 valence electrons. The first-order chi connectivity index (χ1) is 13.4. The lowest BCUT2D eigenvalue weighted by Gasteiger charge is -2.15. The van der Waals surface area contributed by atoms with E-state index in [0.29, 0.717) is 17.6 Å². The molecular formula is C17H9F6N3O3. The molecule has 0 spiro atoms. The Labute approximate surface area is 157 Å². The highest BCUT2D eigenvalue weighted by Crippen LogP contribution is 2.37. The number of hydrogen-bond acceptors (Lipinski definition) is 4. The Bertz CT molecular complexity index is 1060. The molecule has 0 unspecified atom stereocenters. The Morgan fingerprint density at radius 3 is 2.10 bits per heavy atom. The molecular weight excluding hydrogens is 408 g/mol. The van der Waals surface area contributed by atoms with Crippen LogP contribution in [-0.4, -0.2) is 16.9 Å². The summed E-state index contributed by atoms with van der Waals surface area (Å²) in [6, 6.07) is 3.23. The molecule has 0 fully saturated rings. The molecule has 29 heavy (non-hydrogen) atoms. The average Bonchev–Trinajstić information content (AvgIpc) is 3.07. The monoisotopic (exact) mass is 417 g/mol. The molecule has 0 aliphatic rings. The third-order valence-electron chi connectivity index (χ3n) is 3.67. The van der Waals surface area contributed by atoms with E-state index in [0.717, 1.165) is 6.39 Å². The average molecular weight is 417 g/mol. The molecule has 1 heterocycles. The number of hydrogen-bond donors (Lipinski definition) is 2. The van der Waals surface area contributed by atoms with Crippen molar-refractivity contribution in [1.82, 2.24) is 10.3 Å². The van der Waals surface area contributed by atoms with Crippen molar-refractivity contribution in [3.05, 3.63) is 59.5 Å². The lowest BCUT2D eigenvalue weighted by atomic mass is 10.1. The summed E-state index contributed by atoms with van der Waals surface area (Å²) in [4.78, 5) is 27.8. The van der Waals surface area contributed by atoms with Crippen LogP contribution in [0.3, 0.4) is 0 Å². The minimum absolute atomic E-state index is 0.0376. The second kappa shape index (κ2) is 7.11. The van der Waals surface area contributed by atoms with Crippen molar-refractivity contribution in [1.29, 1.82) is 0 Å². The molecule has 3 amide bonds. The molecule has 0 aliphatic heterocycles. The van der Waals surface area contributed by atoms with Crippen LogP contribution in [0, 0.1) is 0 Å². The van der Waals surface area contributed by atoms with E-state index < -0.39 is 41.1 Å². The van der Waals surface area contributed by atoms with Crippen LogP contribution in [0.5, 0.6) is 0 Å². The number of nitrogens with one attached hydrogen (secondary N) is 2. The second-order valence-electron chi connectivity index (χ2n) is 5.74. The van der Waals surface area contributed by atoms with E-state index in [9.17, 15) is 35.9 Å². The summed E-state index contributed by atoms with van der Waals surface area (Å²) in [5.41, 5.74) is -3.36. The maximum absolute atomic E-state index is 12.8. The van der Waals surface area contributed by atoms with Gasteiger partial charge in [0.2, 0.25) is 0 Å². The van der Waals surface area contributed by atoms with Gasteiger partial charge in [-0.1, -0.05) is 0 Å². The Morgan fingerprint density at radius 2 is 1.52 bits per heavy atom. The minimum Gasteiger partial charge on any atom is -0.443 e. The first-order valence-electron chi connectivity index (χ1n) is 7.68. The predicted octanol–water partition coefficient (Wildman–Crippen LogP) is 4.83. The van der Waals surface area contributed by atoms with E-state index >= 15 is 0 Å². The van der Waals surface area contributed by atoms with Gasteiger partial charge < -0.3 is 9.73 Å². The van der Waals surface area contributed by atoms with Gasteiger partial charge in [-0.05, 0) is 36.4 Å². The van der Waals surface area contributed by atoms with Gasteiger partial charge in [0.05, 0.1) is 11.1 Å². The van der Waals surface area contributed by atoms with Crippen molar-refractivity contribution >= 4 is 28.7 Å². The summed E-state index contributed by atoms with van der Waals surface area (Å²) in [6.07, 6.45) is -9.02. The molecule has 2 aromatic carbocycles. The van der Waals surface area contributed by atoms with Crippen molar-refractivity contribution in [2.24, 2.45) is 0 Å². The fraction of sp³-hybridized carbons (Fsp3) is 0.118. The number of benzene rings is 2. The van der Waals surface area contributed by atoms with Crippen LogP contribution in [0.1, 0.15) is 21.5 Å². The summed E-state index contributed by atoms with van der Waals surface area (Å²) < 4.78 is 82.0. The first-order valence-corrected chi connectivity index (χ1v) is 7.68. The largest absolute Gasteiger partial charge is 0.443 e. The third kappa shape index (κ3) is 4.65. The van der Waals surface area contributed by atoms with E-state index in [2.05, 4.69) is 4.98 Å². The van der Waals surface area contributed by atoms with Crippen molar-refractivity contribution in [2.75, 3.05) is 5.32 Å². The number of alkyl halides is 6. The summed E-state index contributed by atoms with van der Waals surface area (Å²) in [7, 11) is 0. The summed E-state index contributed by atoms with van der Waals surface area (Å²) in [6.45, 7) is 0. The molecule has 1 aromatic heterocycles. The number of oxazole rings is 1. The van der Waals surface area contributed by atoms with Crippen LogP contribution < -0.4 is 10.6 Å². The Hall–Kier alpha value is -3.57. The van der Waals surface area contributed by atoms with Crippen LogP contribution in [0.2, 0.25) is 0 Å². The fourth-order valence-corrected chi connectivity index (χ4v) is 2.36. The molecule has 0 saturated heterocycles. The molecule has 3 rings (SSSR count). The summed E-state index contributed by atoms with van der Waals surface area (Å²) >= 11 is 0. The molecule has 0 saturated carbocycles. The fourth-order valence-electron chi connectivity index (χ4n) is 2.36. The van der Waals surface area contributed by atoms with Gasteiger partial charge in [0.15, 0.2) is 12.0 Å². The molecule has 0 bridgehead atoms. The van der Waals surface area contributed by atoms with Gasteiger partial charge in [-0.2, -0.15) is 26.3 Å². The Morgan fingerprint density at radius 1 is 0.897 bits per heavy atom. The summed E-state index contributed by atoms with van der Waals surface area (Å²) in [5, 5.41) is 3.60. The molecule has 0 radical (unpaired) electrons. The zero-order chi connectivity index (χ0) is 21.4. The smallest absolute Gasteiger partial charge is 0.416 e. The van der Waals surface area contributed by atoms with Gasteiger partial charge in [-0.15, -0.1) is 0 Å². The summed E-state index contributed by atoms with van der Waals surface area (Å²) in [5.74, 6) is -0.955. The topological polar surface area (TPSA) is 84.2 Å². The van der Waals surface area contributed by atoms with Gasteiger partial charge in [-0.3, -0.25) is 10.1 Å². The zero-order valence-electron chi connectivity index (χ0n) is 14.0. The molecule has 0 atom stereocenters. The Balaban J connectivity index is 1.79. The third-order valence-corrected chi connectivity index (χ3v) is 3.67. The predicted molar refractivity (Wildman–Crippen MR) is 86.9 cm³/mol. The lowest BCUT2D eigenvalue weighted by Crippen LogP contribution is -2.34.